The van der Waals surface area contributed by atoms with E-state index in [-0.39, 0.29) is 28.7 Å². The van der Waals surface area contributed by atoms with Crippen molar-refractivity contribution in [1.82, 2.24) is 29.9 Å². The highest BCUT2D eigenvalue weighted by atomic mass is 19.1. The third kappa shape index (κ3) is 4.26. The molecule has 5 rings (SSSR count). The highest BCUT2D eigenvalue weighted by Crippen LogP contribution is 2.26. The summed E-state index contributed by atoms with van der Waals surface area (Å²) in [5.41, 5.74) is 1.73. The number of likely N-dealkylation sites (tertiary alicyclic amines) is 1. The number of amides is 1. The van der Waals surface area contributed by atoms with Crippen molar-refractivity contribution in [3.8, 4) is 5.75 Å². The predicted octanol–water partition coefficient (Wildman–Crippen LogP) is 2.73. The number of hydrogen-bond acceptors (Lipinski definition) is 6. The summed E-state index contributed by atoms with van der Waals surface area (Å²) < 4.78 is 20.0. The van der Waals surface area contributed by atoms with Gasteiger partial charge in [0.25, 0.3) is 11.5 Å². The minimum absolute atomic E-state index is 0.00120. The maximum absolute atomic E-state index is 13.2. The van der Waals surface area contributed by atoms with Gasteiger partial charge in [0.1, 0.15) is 17.4 Å². The van der Waals surface area contributed by atoms with Crippen molar-refractivity contribution >= 4 is 17.1 Å². The van der Waals surface area contributed by atoms with Gasteiger partial charge in [-0.15, -0.1) is 5.10 Å². The minimum atomic E-state index is -0.374. The zero-order chi connectivity index (χ0) is 23.7. The van der Waals surface area contributed by atoms with Crippen molar-refractivity contribution in [3.63, 3.8) is 0 Å². The first-order chi connectivity index (χ1) is 16.5. The maximum Gasteiger partial charge on any atom is 0.281 e. The third-order valence-electron chi connectivity index (χ3n) is 6.14. The summed E-state index contributed by atoms with van der Waals surface area (Å²) in [5, 5.41) is 8.14. The second kappa shape index (κ2) is 9.05. The van der Waals surface area contributed by atoms with Crippen LogP contribution in [0.2, 0.25) is 0 Å². The van der Waals surface area contributed by atoms with Gasteiger partial charge in [0.2, 0.25) is 0 Å². The Kier molecular flexibility index (Phi) is 5.79. The Morgan fingerprint density at radius 2 is 1.82 bits per heavy atom. The summed E-state index contributed by atoms with van der Waals surface area (Å²) in [7, 11) is 1.61. The molecule has 34 heavy (non-hydrogen) atoms. The first kappa shape index (κ1) is 21.7. The molecule has 0 unspecified atom stereocenters. The van der Waals surface area contributed by atoms with Crippen molar-refractivity contribution in [2.75, 3.05) is 20.2 Å². The Morgan fingerprint density at radius 3 is 2.50 bits per heavy atom. The van der Waals surface area contributed by atoms with Crippen LogP contribution in [-0.4, -0.2) is 56.0 Å². The second-order valence-corrected chi connectivity index (χ2v) is 8.29. The lowest BCUT2D eigenvalue weighted by Gasteiger charge is -2.31. The van der Waals surface area contributed by atoms with Crippen LogP contribution >= 0.6 is 0 Å². The molecule has 9 nitrogen and oxygen atoms in total. The van der Waals surface area contributed by atoms with Crippen LogP contribution in [0.25, 0.3) is 11.2 Å². The molecule has 1 N–H and O–H groups in total. The Bertz CT molecular complexity index is 1370. The van der Waals surface area contributed by atoms with E-state index in [9.17, 15) is 14.0 Å². The van der Waals surface area contributed by atoms with Crippen LogP contribution in [0.5, 0.6) is 5.75 Å². The standard InChI is InChI=1S/C24H23FN6O3/c1-34-19-8-2-15(3-9-19)14-31-22-20(28-29-31)23(32)27-21(26-22)16-10-12-30(13-11-16)24(33)17-4-6-18(25)7-5-17/h2-9,16H,10-14H2,1H3,(H,26,27,32). The number of nitrogens with zero attached hydrogens (tertiary/aromatic N) is 5. The molecule has 1 fully saturated rings. The molecule has 0 saturated carbocycles. The summed E-state index contributed by atoms with van der Waals surface area (Å²) in [6, 6.07) is 13.1. The molecule has 0 aliphatic carbocycles. The molecule has 1 aliphatic heterocycles. The molecule has 1 amide bonds. The topological polar surface area (TPSA) is 106 Å². The molecule has 10 heteroatoms. The number of carbonyl (C=O) groups is 1. The van der Waals surface area contributed by atoms with E-state index < -0.39 is 0 Å². The molecule has 3 heterocycles. The van der Waals surface area contributed by atoms with Gasteiger partial charge in [0, 0.05) is 24.6 Å². The van der Waals surface area contributed by atoms with Crippen LogP contribution in [0.1, 0.15) is 40.5 Å². The van der Waals surface area contributed by atoms with E-state index in [4.69, 9.17) is 9.72 Å². The van der Waals surface area contributed by atoms with Gasteiger partial charge in [-0.1, -0.05) is 17.3 Å². The number of carbonyl (C=O) groups excluding carboxylic acids is 1. The molecule has 0 spiro atoms. The molecular formula is C24H23FN6O3. The van der Waals surface area contributed by atoms with E-state index in [1.54, 1.807) is 16.7 Å². The zero-order valence-electron chi connectivity index (χ0n) is 18.6. The van der Waals surface area contributed by atoms with Gasteiger partial charge in [-0.05, 0) is 54.8 Å². The predicted molar refractivity (Wildman–Crippen MR) is 122 cm³/mol. The summed E-state index contributed by atoms with van der Waals surface area (Å²) in [5.74, 6) is 0.829. The summed E-state index contributed by atoms with van der Waals surface area (Å²) >= 11 is 0. The number of hydrogen-bond donors (Lipinski definition) is 1. The number of halogens is 1. The van der Waals surface area contributed by atoms with Crippen LogP contribution in [0, 0.1) is 5.82 Å². The molecule has 2 aromatic heterocycles. The van der Waals surface area contributed by atoms with Crippen LogP contribution in [-0.2, 0) is 6.54 Å². The fourth-order valence-corrected chi connectivity index (χ4v) is 4.22. The molecule has 0 radical (unpaired) electrons. The average Bonchev–Trinajstić information content (AvgIpc) is 3.28. The SMILES string of the molecule is COc1ccc(Cn2nnc3c(=O)[nH]c(C4CCN(C(=O)c5ccc(F)cc5)CC4)nc32)cc1. The number of aromatic amines is 1. The number of rotatable bonds is 5. The number of ether oxygens (including phenoxy) is 1. The number of methoxy groups -OCH3 is 1. The lowest BCUT2D eigenvalue weighted by Crippen LogP contribution is -2.38. The smallest absolute Gasteiger partial charge is 0.281 e. The van der Waals surface area contributed by atoms with Crippen LogP contribution in [0.4, 0.5) is 4.39 Å². The first-order valence-electron chi connectivity index (χ1n) is 11.0. The van der Waals surface area contributed by atoms with E-state index in [1.807, 2.05) is 24.3 Å². The van der Waals surface area contributed by atoms with E-state index in [2.05, 4.69) is 15.3 Å². The molecule has 4 aromatic rings. The van der Waals surface area contributed by atoms with Gasteiger partial charge >= 0.3 is 0 Å². The average molecular weight is 462 g/mol. The lowest BCUT2D eigenvalue weighted by molar-refractivity contribution is 0.0711. The highest BCUT2D eigenvalue weighted by molar-refractivity contribution is 5.94. The largest absolute Gasteiger partial charge is 0.497 e. The molecule has 2 aromatic carbocycles. The van der Waals surface area contributed by atoms with Gasteiger partial charge in [0.05, 0.1) is 13.7 Å². The number of benzene rings is 2. The number of fused-ring (bicyclic) bond motifs is 1. The van der Waals surface area contributed by atoms with Crippen LogP contribution in [0.3, 0.4) is 0 Å². The normalized spacial score (nSPS) is 14.5. The molecule has 1 aliphatic rings. The molecule has 174 valence electrons. The maximum atomic E-state index is 13.2. The van der Waals surface area contributed by atoms with Crippen molar-refractivity contribution in [1.29, 1.82) is 0 Å². The van der Waals surface area contributed by atoms with Gasteiger partial charge in [-0.2, -0.15) is 0 Å². The van der Waals surface area contributed by atoms with Gasteiger partial charge in [-0.25, -0.2) is 14.1 Å². The van der Waals surface area contributed by atoms with Crippen molar-refractivity contribution in [2.24, 2.45) is 0 Å². The monoisotopic (exact) mass is 462 g/mol. The fourth-order valence-electron chi connectivity index (χ4n) is 4.22. The zero-order valence-corrected chi connectivity index (χ0v) is 18.6. The molecule has 0 bridgehead atoms. The lowest BCUT2D eigenvalue weighted by atomic mass is 9.95. The van der Waals surface area contributed by atoms with Crippen LogP contribution in [0.15, 0.2) is 53.3 Å². The van der Waals surface area contributed by atoms with Crippen LogP contribution < -0.4 is 10.3 Å². The Morgan fingerprint density at radius 1 is 1.12 bits per heavy atom. The van der Waals surface area contributed by atoms with Crippen molar-refractivity contribution in [3.05, 3.63) is 81.7 Å². The highest BCUT2D eigenvalue weighted by Gasteiger charge is 2.27. The van der Waals surface area contributed by atoms with E-state index in [0.717, 1.165) is 11.3 Å². The Balaban J connectivity index is 1.33. The number of nitrogens with one attached hydrogen (secondary N) is 1. The number of piperidine rings is 1. The van der Waals surface area contributed by atoms with Gasteiger partial charge in [-0.3, -0.25) is 9.59 Å². The molecule has 0 atom stereocenters. The van der Waals surface area contributed by atoms with E-state index >= 15 is 0 Å². The Hall–Kier alpha value is -4.08. The van der Waals surface area contributed by atoms with E-state index in [1.165, 1.54) is 24.3 Å². The second-order valence-electron chi connectivity index (χ2n) is 8.29. The van der Waals surface area contributed by atoms with Gasteiger partial charge in [0.15, 0.2) is 11.2 Å². The quantitative estimate of drug-likeness (QED) is 0.489. The number of H-pyrrole nitrogens is 1. The van der Waals surface area contributed by atoms with Crippen molar-refractivity contribution < 1.29 is 13.9 Å². The van der Waals surface area contributed by atoms with E-state index in [0.29, 0.717) is 49.5 Å². The molecule has 1 saturated heterocycles. The Labute approximate surface area is 194 Å². The van der Waals surface area contributed by atoms with Gasteiger partial charge < -0.3 is 14.6 Å². The summed E-state index contributed by atoms with van der Waals surface area (Å²) in [4.78, 5) is 34.7. The fraction of sp³-hybridized carbons (Fsp3) is 0.292. The van der Waals surface area contributed by atoms with Crippen molar-refractivity contribution in [2.45, 2.75) is 25.3 Å². The first-order valence-corrected chi connectivity index (χ1v) is 11.0. The summed E-state index contributed by atoms with van der Waals surface area (Å²) in [6.07, 6.45) is 1.31. The number of aromatic nitrogens is 5. The molecular weight excluding hydrogens is 439 g/mol. The third-order valence-corrected chi connectivity index (χ3v) is 6.14. The summed E-state index contributed by atoms with van der Waals surface area (Å²) in [6.45, 7) is 1.46. The minimum Gasteiger partial charge on any atom is -0.497 e.